The van der Waals surface area contributed by atoms with Gasteiger partial charge in [-0.2, -0.15) is 0 Å². The molecule has 1 atom stereocenters. The first-order valence-electron chi connectivity index (χ1n) is 8.84. The van der Waals surface area contributed by atoms with E-state index in [1.54, 1.807) is 25.3 Å². The van der Waals surface area contributed by atoms with Gasteiger partial charge < -0.3 is 4.74 Å². The Hall–Kier alpha value is -1.85. The molecule has 0 aromatic heterocycles. The number of aryl methyl sites for hydroxylation is 3. The largest absolute Gasteiger partial charge is 0.496 e. The maximum Gasteiger partial charge on any atom is 0.241 e. The summed E-state index contributed by atoms with van der Waals surface area (Å²) >= 11 is 0. The zero-order valence-electron chi connectivity index (χ0n) is 16.7. The number of sulfonamides is 1. The van der Waals surface area contributed by atoms with E-state index >= 15 is 0 Å². The van der Waals surface area contributed by atoms with Gasteiger partial charge in [0.05, 0.1) is 12.0 Å². The van der Waals surface area contributed by atoms with Crippen LogP contribution >= 0.6 is 0 Å². The summed E-state index contributed by atoms with van der Waals surface area (Å²) in [6, 6.07) is 8.85. The van der Waals surface area contributed by atoms with Crippen LogP contribution in [0.15, 0.2) is 35.2 Å². The van der Waals surface area contributed by atoms with E-state index in [2.05, 4.69) is 23.8 Å². The Balaban J connectivity index is 2.37. The third kappa shape index (κ3) is 4.27. The van der Waals surface area contributed by atoms with Crippen LogP contribution < -0.4 is 9.46 Å². The molecule has 0 spiro atoms. The first-order chi connectivity index (χ1) is 12.1. The molecule has 0 bridgehead atoms. The van der Waals surface area contributed by atoms with Gasteiger partial charge in [0.1, 0.15) is 5.75 Å². The molecule has 0 heterocycles. The van der Waals surface area contributed by atoms with Crippen LogP contribution in [0.4, 0.5) is 0 Å². The SMILES string of the molecule is COc1ccc(S(=O)(=O)N[C@H](C)c2cc(C)c(C)cc2C)cc1C(C)C. The Kier molecular flexibility index (Phi) is 6.14. The van der Waals surface area contributed by atoms with Crippen molar-refractivity contribution in [3.63, 3.8) is 0 Å². The van der Waals surface area contributed by atoms with E-state index in [0.29, 0.717) is 5.75 Å². The Labute approximate surface area is 157 Å². The monoisotopic (exact) mass is 375 g/mol. The summed E-state index contributed by atoms with van der Waals surface area (Å²) in [5.74, 6) is 0.872. The van der Waals surface area contributed by atoms with Gasteiger partial charge in [-0.1, -0.05) is 26.0 Å². The molecule has 0 aliphatic heterocycles. The lowest BCUT2D eigenvalue weighted by molar-refractivity contribution is 0.407. The summed E-state index contributed by atoms with van der Waals surface area (Å²) in [6.07, 6.45) is 0. The molecule has 142 valence electrons. The van der Waals surface area contributed by atoms with Crippen LogP contribution in [0.25, 0.3) is 0 Å². The summed E-state index contributed by atoms with van der Waals surface area (Å²) in [7, 11) is -2.04. The first kappa shape index (κ1) is 20.5. The highest BCUT2D eigenvalue weighted by Gasteiger charge is 2.22. The Morgan fingerprint density at radius 2 is 1.50 bits per heavy atom. The fourth-order valence-electron chi connectivity index (χ4n) is 3.14. The van der Waals surface area contributed by atoms with Gasteiger partial charge in [-0.3, -0.25) is 0 Å². The minimum atomic E-state index is -3.63. The molecule has 0 amide bonds. The van der Waals surface area contributed by atoms with E-state index in [-0.39, 0.29) is 16.9 Å². The van der Waals surface area contributed by atoms with Gasteiger partial charge in [-0.25, -0.2) is 13.1 Å². The topological polar surface area (TPSA) is 55.4 Å². The van der Waals surface area contributed by atoms with Crippen molar-refractivity contribution in [2.24, 2.45) is 0 Å². The fraction of sp³-hybridized carbons (Fsp3) is 0.429. The van der Waals surface area contributed by atoms with E-state index in [9.17, 15) is 8.42 Å². The molecule has 0 saturated heterocycles. The number of methoxy groups -OCH3 is 1. The van der Waals surface area contributed by atoms with Gasteiger partial charge in [0.2, 0.25) is 10.0 Å². The highest BCUT2D eigenvalue weighted by atomic mass is 32.2. The van der Waals surface area contributed by atoms with E-state index in [1.807, 2.05) is 34.6 Å². The lowest BCUT2D eigenvalue weighted by Gasteiger charge is -2.19. The minimum Gasteiger partial charge on any atom is -0.496 e. The number of ether oxygens (including phenoxy) is 1. The minimum absolute atomic E-state index is 0.166. The van der Waals surface area contributed by atoms with Crippen molar-refractivity contribution in [1.29, 1.82) is 0 Å². The molecule has 0 fully saturated rings. The number of benzene rings is 2. The van der Waals surface area contributed by atoms with Crippen LogP contribution in [0.3, 0.4) is 0 Å². The molecule has 5 heteroatoms. The second kappa shape index (κ2) is 7.80. The molecule has 1 N–H and O–H groups in total. The Bertz CT molecular complexity index is 902. The molecule has 0 saturated carbocycles. The predicted molar refractivity (Wildman–Crippen MR) is 106 cm³/mol. The van der Waals surface area contributed by atoms with Gasteiger partial charge in [-0.15, -0.1) is 0 Å². The van der Waals surface area contributed by atoms with Crippen LogP contribution in [-0.4, -0.2) is 15.5 Å². The molecular weight excluding hydrogens is 346 g/mol. The molecule has 2 rings (SSSR count). The van der Waals surface area contributed by atoms with Crippen molar-refractivity contribution in [3.8, 4) is 5.75 Å². The average molecular weight is 376 g/mol. The summed E-state index contributed by atoms with van der Waals surface area (Å²) in [4.78, 5) is 0.260. The molecule has 0 radical (unpaired) electrons. The van der Waals surface area contributed by atoms with Gasteiger partial charge in [-0.05, 0) is 79.6 Å². The molecule has 2 aromatic rings. The number of hydrogen-bond donors (Lipinski definition) is 1. The highest BCUT2D eigenvalue weighted by Crippen LogP contribution is 2.30. The van der Waals surface area contributed by atoms with Crippen LogP contribution in [0.2, 0.25) is 0 Å². The van der Waals surface area contributed by atoms with Crippen molar-refractivity contribution in [2.75, 3.05) is 7.11 Å². The molecule has 0 aliphatic rings. The number of hydrogen-bond acceptors (Lipinski definition) is 3. The normalized spacial score (nSPS) is 13.1. The van der Waals surface area contributed by atoms with Crippen LogP contribution in [0, 0.1) is 20.8 Å². The molecule has 4 nitrogen and oxygen atoms in total. The molecule has 0 aliphatic carbocycles. The van der Waals surface area contributed by atoms with Gasteiger partial charge in [0.15, 0.2) is 0 Å². The van der Waals surface area contributed by atoms with E-state index in [0.717, 1.165) is 22.3 Å². The van der Waals surface area contributed by atoms with Crippen molar-refractivity contribution >= 4 is 10.0 Å². The molecular formula is C21H29NO3S. The van der Waals surface area contributed by atoms with Crippen LogP contribution in [0.1, 0.15) is 60.5 Å². The highest BCUT2D eigenvalue weighted by molar-refractivity contribution is 7.89. The maximum atomic E-state index is 12.9. The first-order valence-corrected chi connectivity index (χ1v) is 10.3. The van der Waals surface area contributed by atoms with Gasteiger partial charge in [0, 0.05) is 6.04 Å². The molecule has 0 unspecified atom stereocenters. The van der Waals surface area contributed by atoms with Gasteiger partial charge >= 0.3 is 0 Å². The van der Waals surface area contributed by atoms with Crippen LogP contribution in [-0.2, 0) is 10.0 Å². The Morgan fingerprint density at radius 1 is 0.885 bits per heavy atom. The second-order valence-electron chi connectivity index (χ2n) is 7.19. The molecule has 26 heavy (non-hydrogen) atoms. The molecule has 2 aromatic carbocycles. The maximum absolute atomic E-state index is 12.9. The van der Waals surface area contributed by atoms with Crippen molar-refractivity contribution < 1.29 is 13.2 Å². The van der Waals surface area contributed by atoms with E-state index < -0.39 is 10.0 Å². The Morgan fingerprint density at radius 3 is 2.08 bits per heavy atom. The van der Waals surface area contributed by atoms with Crippen molar-refractivity contribution in [2.45, 2.75) is 58.4 Å². The smallest absolute Gasteiger partial charge is 0.241 e. The standard InChI is InChI=1S/C21H29NO3S/c1-13(2)19-12-18(8-9-21(19)25-7)26(23,24)22-17(6)20-11-15(4)14(3)10-16(20)5/h8-13,17,22H,1-7H3/t17-/m1/s1. The lowest BCUT2D eigenvalue weighted by Crippen LogP contribution is -2.27. The summed E-state index contributed by atoms with van der Waals surface area (Å²) in [5.41, 5.74) is 5.32. The predicted octanol–water partition coefficient (Wildman–Crippen LogP) is 4.78. The summed E-state index contributed by atoms with van der Waals surface area (Å²) in [5, 5.41) is 0. The number of rotatable bonds is 6. The van der Waals surface area contributed by atoms with Crippen molar-refractivity contribution in [1.82, 2.24) is 4.72 Å². The lowest BCUT2D eigenvalue weighted by atomic mass is 9.97. The van der Waals surface area contributed by atoms with E-state index in [4.69, 9.17) is 4.74 Å². The average Bonchev–Trinajstić information content (AvgIpc) is 2.56. The number of nitrogens with one attached hydrogen (secondary N) is 1. The van der Waals surface area contributed by atoms with Crippen molar-refractivity contribution in [3.05, 3.63) is 58.1 Å². The zero-order chi connectivity index (χ0) is 19.6. The van der Waals surface area contributed by atoms with Crippen LogP contribution in [0.5, 0.6) is 5.75 Å². The summed E-state index contributed by atoms with van der Waals surface area (Å²) < 4.78 is 34.0. The second-order valence-corrected chi connectivity index (χ2v) is 8.91. The van der Waals surface area contributed by atoms with E-state index in [1.165, 1.54) is 5.56 Å². The summed E-state index contributed by atoms with van der Waals surface area (Å²) in [6.45, 7) is 12.0. The third-order valence-corrected chi connectivity index (χ3v) is 6.35. The fourth-order valence-corrected chi connectivity index (χ4v) is 4.40. The quantitative estimate of drug-likeness (QED) is 0.790. The zero-order valence-corrected chi connectivity index (χ0v) is 17.5. The third-order valence-electron chi connectivity index (χ3n) is 4.81. The van der Waals surface area contributed by atoms with Gasteiger partial charge in [0.25, 0.3) is 0 Å².